The Morgan fingerprint density at radius 3 is 2.00 bits per heavy atom. The Kier molecular flexibility index (Phi) is 7.37. The highest BCUT2D eigenvalue weighted by Crippen LogP contribution is 2.30. The largest absolute Gasteiger partial charge is 0.351 e. The van der Waals surface area contributed by atoms with Crippen molar-refractivity contribution in [2.45, 2.75) is 25.5 Å². The van der Waals surface area contributed by atoms with Crippen LogP contribution in [0.15, 0.2) is 78.0 Å². The van der Waals surface area contributed by atoms with E-state index in [4.69, 9.17) is 16.6 Å². The number of benzene rings is 3. The van der Waals surface area contributed by atoms with E-state index in [-0.39, 0.29) is 11.7 Å². The fraction of sp³-hybridized carbons (Fsp3) is 0.154. The van der Waals surface area contributed by atoms with Gasteiger partial charge in [0.15, 0.2) is 0 Å². The van der Waals surface area contributed by atoms with Crippen LogP contribution in [0.1, 0.15) is 16.7 Å². The molecule has 4 aromatic rings. The molecule has 33 heavy (non-hydrogen) atoms. The third-order valence-electron chi connectivity index (χ3n) is 5.05. The Morgan fingerprint density at radius 1 is 0.818 bits per heavy atom. The molecule has 1 aromatic heterocycles. The zero-order chi connectivity index (χ0) is 23.2. The van der Waals surface area contributed by atoms with Crippen LogP contribution in [0.4, 0.5) is 0 Å². The van der Waals surface area contributed by atoms with Crippen LogP contribution in [0.5, 0.6) is 0 Å². The third kappa shape index (κ3) is 6.18. The molecule has 1 heterocycles. The van der Waals surface area contributed by atoms with Crippen molar-refractivity contribution >= 4 is 29.3 Å². The standard InChI is InChI=1S/C26H23ClN4OS/c1-17-3-9-20(10-4-17)24-25(21-11-5-18(2)6-12-21)30-31-26(29-24)33-16-23(32)28-15-19-7-13-22(27)14-8-19/h3-14H,15-16H2,1-2H3,(H,28,32). The van der Waals surface area contributed by atoms with E-state index in [0.717, 1.165) is 28.1 Å². The molecule has 3 aromatic carbocycles. The van der Waals surface area contributed by atoms with Crippen LogP contribution in [0.2, 0.25) is 5.02 Å². The molecule has 7 heteroatoms. The number of hydrogen-bond donors (Lipinski definition) is 1. The van der Waals surface area contributed by atoms with Gasteiger partial charge in [-0.1, -0.05) is 95.2 Å². The predicted molar refractivity (Wildman–Crippen MR) is 134 cm³/mol. The Balaban J connectivity index is 1.50. The van der Waals surface area contributed by atoms with E-state index in [1.807, 2.05) is 74.5 Å². The van der Waals surface area contributed by atoms with Crippen molar-refractivity contribution in [3.8, 4) is 22.5 Å². The van der Waals surface area contributed by atoms with Crippen molar-refractivity contribution < 1.29 is 4.79 Å². The minimum absolute atomic E-state index is 0.0990. The highest BCUT2D eigenvalue weighted by atomic mass is 35.5. The summed E-state index contributed by atoms with van der Waals surface area (Å²) in [5.41, 5.74) is 6.71. The summed E-state index contributed by atoms with van der Waals surface area (Å²) >= 11 is 7.17. The second-order valence-electron chi connectivity index (χ2n) is 7.72. The summed E-state index contributed by atoms with van der Waals surface area (Å²) in [6.07, 6.45) is 0. The molecule has 1 amide bonds. The Bertz CT molecular complexity index is 1240. The minimum atomic E-state index is -0.0990. The molecule has 0 unspecified atom stereocenters. The van der Waals surface area contributed by atoms with Gasteiger partial charge in [0.1, 0.15) is 11.4 Å². The predicted octanol–water partition coefficient (Wildman–Crippen LogP) is 5.88. The van der Waals surface area contributed by atoms with E-state index in [1.165, 1.54) is 22.9 Å². The fourth-order valence-electron chi connectivity index (χ4n) is 3.17. The monoisotopic (exact) mass is 474 g/mol. The lowest BCUT2D eigenvalue weighted by molar-refractivity contribution is -0.118. The molecule has 0 spiro atoms. The number of hydrogen-bond acceptors (Lipinski definition) is 5. The van der Waals surface area contributed by atoms with Gasteiger partial charge in [-0.15, -0.1) is 10.2 Å². The van der Waals surface area contributed by atoms with Gasteiger partial charge < -0.3 is 5.32 Å². The molecular weight excluding hydrogens is 452 g/mol. The average molecular weight is 475 g/mol. The van der Waals surface area contributed by atoms with Gasteiger partial charge in [0.2, 0.25) is 11.1 Å². The first-order valence-corrected chi connectivity index (χ1v) is 11.9. The molecule has 0 radical (unpaired) electrons. The molecule has 4 rings (SSSR count). The van der Waals surface area contributed by atoms with Crippen molar-refractivity contribution in [2.24, 2.45) is 0 Å². The maximum Gasteiger partial charge on any atom is 0.230 e. The Labute approximate surface area is 202 Å². The SMILES string of the molecule is Cc1ccc(-c2nnc(SCC(=O)NCc3ccc(Cl)cc3)nc2-c2ccc(C)cc2)cc1. The summed E-state index contributed by atoms with van der Waals surface area (Å²) in [6, 6.07) is 23.7. The summed E-state index contributed by atoms with van der Waals surface area (Å²) in [5, 5.41) is 12.8. The summed E-state index contributed by atoms with van der Waals surface area (Å²) in [6.45, 7) is 4.54. The smallest absolute Gasteiger partial charge is 0.230 e. The summed E-state index contributed by atoms with van der Waals surface area (Å²) in [5.74, 6) is 0.102. The number of aromatic nitrogens is 3. The number of nitrogens with zero attached hydrogens (tertiary/aromatic N) is 3. The molecule has 0 saturated carbocycles. The molecule has 0 atom stereocenters. The van der Waals surface area contributed by atoms with Gasteiger partial charge >= 0.3 is 0 Å². The molecule has 1 N–H and O–H groups in total. The number of thioether (sulfide) groups is 1. The van der Waals surface area contributed by atoms with Gasteiger partial charge in [-0.3, -0.25) is 4.79 Å². The van der Waals surface area contributed by atoms with Crippen LogP contribution >= 0.6 is 23.4 Å². The molecule has 0 fully saturated rings. The Morgan fingerprint density at radius 2 is 1.39 bits per heavy atom. The normalized spacial score (nSPS) is 10.8. The molecule has 0 aliphatic rings. The van der Waals surface area contributed by atoms with E-state index in [2.05, 4.69) is 15.5 Å². The van der Waals surface area contributed by atoms with Gasteiger partial charge in [-0.2, -0.15) is 0 Å². The van der Waals surface area contributed by atoms with Gasteiger partial charge in [0.05, 0.1) is 5.75 Å². The van der Waals surface area contributed by atoms with Gasteiger partial charge in [-0.25, -0.2) is 4.98 Å². The van der Waals surface area contributed by atoms with E-state index < -0.39 is 0 Å². The van der Waals surface area contributed by atoms with Crippen LogP contribution in [0, 0.1) is 13.8 Å². The quantitative estimate of drug-likeness (QED) is 0.338. The molecule has 0 bridgehead atoms. The number of halogens is 1. The van der Waals surface area contributed by atoms with Crippen molar-refractivity contribution in [2.75, 3.05) is 5.75 Å². The van der Waals surface area contributed by atoms with Crippen LogP contribution in [-0.4, -0.2) is 26.8 Å². The molecular formula is C26H23ClN4OS. The second-order valence-corrected chi connectivity index (χ2v) is 9.09. The maximum absolute atomic E-state index is 12.3. The summed E-state index contributed by atoms with van der Waals surface area (Å²) in [7, 11) is 0. The Hall–Kier alpha value is -3.22. The van der Waals surface area contributed by atoms with Gasteiger partial charge in [0.25, 0.3) is 0 Å². The van der Waals surface area contributed by atoms with Crippen LogP contribution < -0.4 is 5.32 Å². The van der Waals surface area contributed by atoms with Crippen molar-refractivity contribution in [3.05, 3.63) is 94.5 Å². The molecule has 0 aliphatic heterocycles. The summed E-state index contributed by atoms with van der Waals surface area (Å²) in [4.78, 5) is 17.1. The maximum atomic E-state index is 12.3. The van der Waals surface area contributed by atoms with Crippen molar-refractivity contribution in [3.63, 3.8) is 0 Å². The lowest BCUT2D eigenvalue weighted by Crippen LogP contribution is -2.24. The molecule has 0 aliphatic carbocycles. The lowest BCUT2D eigenvalue weighted by Gasteiger charge is -2.10. The topological polar surface area (TPSA) is 67.8 Å². The average Bonchev–Trinajstić information content (AvgIpc) is 2.83. The first-order valence-electron chi connectivity index (χ1n) is 10.5. The minimum Gasteiger partial charge on any atom is -0.351 e. The van der Waals surface area contributed by atoms with Crippen LogP contribution in [-0.2, 0) is 11.3 Å². The first kappa shape index (κ1) is 23.0. The second kappa shape index (κ2) is 10.6. The highest BCUT2D eigenvalue weighted by molar-refractivity contribution is 7.99. The number of carbonyl (C=O) groups excluding carboxylic acids is 1. The zero-order valence-corrected chi connectivity index (χ0v) is 20.0. The van der Waals surface area contributed by atoms with Crippen molar-refractivity contribution in [1.29, 1.82) is 0 Å². The van der Waals surface area contributed by atoms with E-state index in [9.17, 15) is 4.79 Å². The van der Waals surface area contributed by atoms with E-state index in [0.29, 0.717) is 16.7 Å². The fourth-order valence-corrected chi connectivity index (χ4v) is 3.92. The highest BCUT2D eigenvalue weighted by Gasteiger charge is 2.15. The van der Waals surface area contributed by atoms with Crippen LogP contribution in [0.3, 0.4) is 0 Å². The molecule has 5 nitrogen and oxygen atoms in total. The summed E-state index contributed by atoms with van der Waals surface area (Å²) < 4.78 is 0. The van der Waals surface area contributed by atoms with Crippen LogP contribution in [0.25, 0.3) is 22.5 Å². The number of aryl methyl sites for hydroxylation is 2. The number of rotatable bonds is 7. The van der Waals surface area contributed by atoms with Gasteiger partial charge in [-0.05, 0) is 31.5 Å². The van der Waals surface area contributed by atoms with Crippen molar-refractivity contribution in [1.82, 2.24) is 20.5 Å². The number of nitrogens with one attached hydrogen (secondary N) is 1. The van der Waals surface area contributed by atoms with E-state index in [1.54, 1.807) is 12.1 Å². The zero-order valence-electron chi connectivity index (χ0n) is 18.4. The molecule has 0 saturated heterocycles. The van der Waals surface area contributed by atoms with E-state index >= 15 is 0 Å². The number of carbonyl (C=O) groups is 1. The van der Waals surface area contributed by atoms with Gasteiger partial charge in [0, 0.05) is 22.7 Å². The first-order chi connectivity index (χ1) is 16.0. The lowest BCUT2D eigenvalue weighted by atomic mass is 10.0. The third-order valence-corrected chi connectivity index (χ3v) is 6.14. The molecule has 166 valence electrons. The number of amides is 1.